The Morgan fingerprint density at radius 1 is 1.10 bits per heavy atom. The van der Waals surface area contributed by atoms with Gasteiger partial charge in [-0.2, -0.15) is 0 Å². The van der Waals surface area contributed by atoms with Gasteiger partial charge < -0.3 is 15.0 Å². The number of halogens is 2. The largest absolute Gasteiger partial charge is 0.381 e. The molecule has 0 spiro atoms. The highest BCUT2D eigenvalue weighted by Crippen LogP contribution is 2.38. The van der Waals surface area contributed by atoms with Gasteiger partial charge in [-0.1, -0.05) is 5.16 Å². The van der Waals surface area contributed by atoms with Crippen molar-refractivity contribution in [1.82, 2.24) is 5.16 Å². The Kier molecular flexibility index (Phi) is 3.40. The number of aromatic nitrogens is 1. The van der Waals surface area contributed by atoms with E-state index in [9.17, 15) is 8.78 Å². The summed E-state index contributed by atoms with van der Waals surface area (Å²) in [6.45, 7) is 1.27. The highest BCUT2D eigenvalue weighted by Gasteiger charge is 2.26. The van der Waals surface area contributed by atoms with Crippen LogP contribution in [0.4, 0.5) is 14.7 Å². The Morgan fingerprint density at radius 3 is 2.40 bits per heavy atom. The van der Waals surface area contributed by atoms with E-state index in [4.69, 9.17) is 15.0 Å². The average molecular weight is 280 g/mol. The van der Waals surface area contributed by atoms with E-state index < -0.39 is 11.6 Å². The molecule has 2 N–H and O–H groups in total. The van der Waals surface area contributed by atoms with Crippen molar-refractivity contribution in [3.8, 4) is 11.1 Å². The number of nitrogens with two attached hydrogens (primary N) is 1. The molecular formula is C14H14F2N2O2. The van der Waals surface area contributed by atoms with Gasteiger partial charge in [0.2, 0.25) is 5.88 Å². The van der Waals surface area contributed by atoms with Gasteiger partial charge in [0.15, 0.2) is 0 Å². The molecule has 2 aromatic rings. The fourth-order valence-electron chi connectivity index (χ4n) is 2.55. The Bertz CT molecular complexity index is 601. The van der Waals surface area contributed by atoms with Gasteiger partial charge in [-0.3, -0.25) is 0 Å². The normalized spacial score (nSPS) is 16.5. The topological polar surface area (TPSA) is 61.3 Å². The van der Waals surface area contributed by atoms with Gasteiger partial charge in [-0.25, -0.2) is 8.78 Å². The summed E-state index contributed by atoms with van der Waals surface area (Å²) in [4.78, 5) is 0. The van der Waals surface area contributed by atoms with Crippen LogP contribution in [0.25, 0.3) is 11.1 Å². The average Bonchev–Trinajstić information content (AvgIpc) is 2.80. The zero-order chi connectivity index (χ0) is 14.1. The molecule has 1 aliphatic rings. The standard InChI is InChI=1S/C14H14F2N2O2/c15-10-5-9(6-11(16)7-10)12-13(18-20-14(12)17)8-1-3-19-4-2-8/h5-8H,1-4,17H2. The molecular weight excluding hydrogens is 266 g/mol. The third-order valence-electron chi connectivity index (χ3n) is 3.50. The summed E-state index contributed by atoms with van der Waals surface area (Å²) >= 11 is 0. The van der Waals surface area contributed by atoms with Crippen LogP contribution in [-0.2, 0) is 4.74 Å². The highest BCUT2D eigenvalue weighted by atomic mass is 19.1. The lowest BCUT2D eigenvalue weighted by Gasteiger charge is -2.20. The molecule has 20 heavy (non-hydrogen) atoms. The first-order valence-electron chi connectivity index (χ1n) is 6.44. The molecule has 0 aliphatic carbocycles. The quantitative estimate of drug-likeness (QED) is 0.918. The minimum Gasteiger partial charge on any atom is -0.381 e. The van der Waals surface area contributed by atoms with Crippen molar-refractivity contribution >= 4 is 5.88 Å². The van der Waals surface area contributed by atoms with E-state index in [-0.39, 0.29) is 11.8 Å². The summed E-state index contributed by atoms with van der Waals surface area (Å²) in [5, 5.41) is 3.97. The Balaban J connectivity index is 2.06. The van der Waals surface area contributed by atoms with Crippen molar-refractivity contribution in [2.75, 3.05) is 18.9 Å². The lowest BCUT2D eigenvalue weighted by molar-refractivity contribution is 0.0839. The van der Waals surface area contributed by atoms with Gasteiger partial charge in [0.25, 0.3) is 0 Å². The number of hydrogen-bond donors (Lipinski definition) is 1. The Labute approximate surface area is 114 Å². The van der Waals surface area contributed by atoms with E-state index in [0.717, 1.165) is 18.9 Å². The summed E-state index contributed by atoms with van der Waals surface area (Å²) in [5.74, 6) is -1.10. The minimum absolute atomic E-state index is 0.0801. The molecule has 106 valence electrons. The van der Waals surface area contributed by atoms with Crippen LogP contribution >= 0.6 is 0 Å². The second kappa shape index (κ2) is 5.20. The zero-order valence-corrected chi connectivity index (χ0v) is 10.7. The molecule has 1 aromatic heterocycles. The van der Waals surface area contributed by atoms with Crippen LogP contribution in [0.15, 0.2) is 22.7 Å². The molecule has 4 nitrogen and oxygen atoms in total. The monoisotopic (exact) mass is 280 g/mol. The Morgan fingerprint density at radius 2 is 1.75 bits per heavy atom. The molecule has 0 amide bonds. The van der Waals surface area contributed by atoms with Gasteiger partial charge in [-0.05, 0) is 30.5 Å². The maximum atomic E-state index is 13.4. The van der Waals surface area contributed by atoms with Crippen LogP contribution in [0.1, 0.15) is 24.5 Å². The summed E-state index contributed by atoms with van der Waals surface area (Å²) in [6.07, 6.45) is 1.58. The van der Waals surface area contributed by atoms with Gasteiger partial charge in [-0.15, -0.1) is 0 Å². The molecule has 0 atom stereocenters. The lowest BCUT2D eigenvalue weighted by atomic mass is 9.91. The Hall–Kier alpha value is -1.95. The van der Waals surface area contributed by atoms with E-state index in [0.29, 0.717) is 30.0 Å². The summed E-state index contributed by atoms with van der Waals surface area (Å²) in [5.41, 5.74) is 7.26. The predicted octanol–water partition coefficient (Wildman–Crippen LogP) is 3.10. The fourth-order valence-corrected chi connectivity index (χ4v) is 2.55. The van der Waals surface area contributed by atoms with Crippen LogP contribution in [0.5, 0.6) is 0 Å². The van der Waals surface area contributed by atoms with Gasteiger partial charge in [0, 0.05) is 25.2 Å². The van der Waals surface area contributed by atoms with E-state index in [1.165, 1.54) is 12.1 Å². The number of benzene rings is 1. The smallest absolute Gasteiger partial charge is 0.230 e. The SMILES string of the molecule is Nc1onc(C2CCOCC2)c1-c1cc(F)cc(F)c1. The molecule has 2 heterocycles. The molecule has 1 fully saturated rings. The highest BCUT2D eigenvalue weighted by molar-refractivity contribution is 5.75. The minimum atomic E-state index is -0.654. The predicted molar refractivity (Wildman–Crippen MR) is 69.1 cm³/mol. The van der Waals surface area contributed by atoms with Crippen LogP contribution in [0.2, 0.25) is 0 Å². The van der Waals surface area contributed by atoms with E-state index in [2.05, 4.69) is 5.16 Å². The molecule has 1 saturated heterocycles. The number of anilines is 1. The van der Waals surface area contributed by atoms with Crippen molar-refractivity contribution in [3.63, 3.8) is 0 Å². The van der Waals surface area contributed by atoms with Crippen molar-refractivity contribution < 1.29 is 18.0 Å². The molecule has 3 rings (SSSR count). The molecule has 6 heteroatoms. The first-order chi connectivity index (χ1) is 9.65. The third-order valence-corrected chi connectivity index (χ3v) is 3.50. The molecule has 1 aliphatic heterocycles. The van der Waals surface area contributed by atoms with Crippen molar-refractivity contribution in [2.24, 2.45) is 0 Å². The fraction of sp³-hybridized carbons (Fsp3) is 0.357. The van der Waals surface area contributed by atoms with Gasteiger partial charge in [0.1, 0.15) is 11.6 Å². The zero-order valence-electron chi connectivity index (χ0n) is 10.7. The third kappa shape index (κ3) is 2.38. The van der Waals surface area contributed by atoms with Crippen molar-refractivity contribution in [3.05, 3.63) is 35.5 Å². The first kappa shape index (κ1) is 13.1. The molecule has 0 saturated carbocycles. The lowest BCUT2D eigenvalue weighted by Crippen LogP contribution is -2.15. The van der Waals surface area contributed by atoms with Crippen LogP contribution in [0, 0.1) is 11.6 Å². The number of nitrogens with zero attached hydrogens (tertiary/aromatic N) is 1. The molecule has 0 radical (unpaired) electrons. The maximum Gasteiger partial charge on any atom is 0.230 e. The number of hydrogen-bond acceptors (Lipinski definition) is 4. The van der Waals surface area contributed by atoms with Gasteiger partial charge >= 0.3 is 0 Å². The molecule has 0 bridgehead atoms. The second-order valence-electron chi connectivity index (χ2n) is 4.85. The number of nitrogen functional groups attached to an aromatic ring is 1. The number of ether oxygens (including phenoxy) is 1. The van der Waals surface area contributed by atoms with E-state index in [1.807, 2.05) is 0 Å². The molecule has 0 unspecified atom stereocenters. The van der Waals surface area contributed by atoms with Crippen LogP contribution < -0.4 is 5.73 Å². The summed E-state index contributed by atoms with van der Waals surface area (Å²) < 4.78 is 37.1. The van der Waals surface area contributed by atoms with E-state index >= 15 is 0 Å². The second-order valence-corrected chi connectivity index (χ2v) is 4.85. The van der Waals surface area contributed by atoms with Crippen molar-refractivity contribution in [1.29, 1.82) is 0 Å². The van der Waals surface area contributed by atoms with E-state index in [1.54, 1.807) is 0 Å². The van der Waals surface area contributed by atoms with Crippen molar-refractivity contribution in [2.45, 2.75) is 18.8 Å². The van der Waals surface area contributed by atoms with Gasteiger partial charge in [0.05, 0.1) is 11.3 Å². The first-order valence-corrected chi connectivity index (χ1v) is 6.44. The van der Waals surface area contributed by atoms with Crippen LogP contribution in [-0.4, -0.2) is 18.4 Å². The number of rotatable bonds is 2. The van der Waals surface area contributed by atoms with Crippen LogP contribution in [0.3, 0.4) is 0 Å². The summed E-state index contributed by atoms with van der Waals surface area (Å²) in [6, 6.07) is 3.28. The maximum absolute atomic E-state index is 13.4. The molecule has 1 aromatic carbocycles. The summed E-state index contributed by atoms with van der Waals surface area (Å²) in [7, 11) is 0.